The van der Waals surface area contributed by atoms with E-state index in [1.165, 1.54) is 44.9 Å². The van der Waals surface area contributed by atoms with E-state index in [2.05, 4.69) is 24.8 Å². The molecule has 5 rings (SSSR count). The van der Waals surface area contributed by atoms with Crippen molar-refractivity contribution in [1.29, 1.82) is 0 Å². The molecule has 7 heteroatoms. The fraction of sp³-hybridized carbons (Fsp3) is 0.714. The summed E-state index contributed by atoms with van der Waals surface area (Å²) in [5, 5.41) is 13.1. The number of hydrogen-bond acceptors (Lipinski definition) is 4. The van der Waals surface area contributed by atoms with Crippen LogP contribution in [0.3, 0.4) is 0 Å². The van der Waals surface area contributed by atoms with Gasteiger partial charge in [0.2, 0.25) is 5.91 Å². The van der Waals surface area contributed by atoms with Gasteiger partial charge in [0.1, 0.15) is 18.7 Å². The largest absolute Gasteiger partial charge is 0.340 e. The molecule has 150 valence electrons. The molecule has 0 aromatic carbocycles. The lowest BCUT2D eigenvalue weighted by atomic mass is 9.67. The van der Waals surface area contributed by atoms with Crippen molar-refractivity contribution in [2.24, 2.45) is 11.3 Å². The average molecular weight is 383 g/mol. The number of rotatable bonds is 5. The van der Waals surface area contributed by atoms with Gasteiger partial charge in [0.15, 0.2) is 0 Å². The molecule has 1 spiro atoms. The molecule has 3 heterocycles. The summed E-state index contributed by atoms with van der Waals surface area (Å²) in [6, 6.07) is 0. The normalized spacial score (nSPS) is 24.2. The number of nitrogens with zero attached hydrogens (tertiary/aromatic N) is 6. The number of hydrogen-bond donors (Lipinski definition) is 0. The second-order valence-electron chi connectivity index (χ2n) is 9.25. The van der Waals surface area contributed by atoms with E-state index in [9.17, 15) is 4.79 Å². The first-order valence-corrected chi connectivity index (χ1v) is 10.8. The van der Waals surface area contributed by atoms with Gasteiger partial charge in [0, 0.05) is 31.7 Å². The first kappa shape index (κ1) is 17.9. The Balaban J connectivity index is 1.39. The molecular formula is C21H30N6O. The van der Waals surface area contributed by atoms with Crippen molar-refractivity contribution in [3.05, 3.63) is 30.1 Å². The predicted molar refractivity (Wildman–Crippen MR) is 105 cm³/mol. The molecular weight excluding hydrogens is 352 g/mol. The molecule has 0 bridgehead atoms. The van der Waals surface area contributed by atoms with E-state index in [0.717, 1.165) is 36.9 Å². The van der Waals surface area contributed by atoms with Crippen molar-refractivity contribution in [2.45, 2.75) is 70.9 Å². The molecule has 2 aromatic heterocycles. The van der Waals surface area contributed by atoms with Crippen LogP contribution in [0.15, 0.2) is 18.7 Å². The van der Waals surface area contributed by atoms with Gasteiger partial charge in [-0.15, -0.1) is 10.2 Å². The Labute approximate surface area is 166 Å². The van der Waals surface area contributed by atoms with Gasteiger partial charge in [0.05, 0.1) is 6.20 Å². The summed E-state index contributed by atoms with van der Waals surface area (Å²) in [5.41, 5.74) is 1.26. The minimum Gasteiger partial charge on any atom is -0.340 e. The lowest BCUT2D eigenvalue weighted by Crippen LogP contribution is -2.36. The van der Waals surface area contributed by atoms with Gasteiger partial charge in [0.25, 0.3) is 0 Å². The predicted octanol–water partition coefficient (Wildman–Crippen LogP) is 2.77. The molecule has 0 N–H and O–H groups in total. The third-order valence-corrected chi connectivity index (χ3v) is 7.02. The van der Waals surface area contributed by atoms with Gasteiger partial charge in [-0.2, -0.15) is 5.10 Å². The van der Waals surface area contributed by atoms with E-state index in [1.807, 2.05) is 25.6 Å². The summed E-state index contributed by atoms with van der Waals surface area (Å²) in [5.74, 6) is 2.37. The minimum absolute atomic E-state index is 0.169. The zero-order chi connectivity index (χ0) is 19.1. The molecule has 2 aromatic rings. The van der Waals surface area contributed by atoms with Crippen molar-refractivity contribution >= 4 is 5.91 Å². The highest BCUT2D eigenvalue weighted by atomic mass is 16.2. The molecule has 1 aliphatic heterocycles. The number of aryl methyl sites for hydroxylation is 1. The molecule has 1 atom stereocenters. The van der Waals surface area contributed by atoms with Crippen molar-refractivity contribution < 1.29 is 4.79 Å². The van der Waals surface area contributed by atoms with Crippen molar-refractivity contribution in [1.82, 2.24) is 29.4 Å². The zero-order valence-corrected chi connectivity index (χ0v) is 16.8. The van der Waals surface area contributed by atoms with Gasteiger partial charge in [-0.3, -0.25) is 9.48 Å². The summed E-state index contributed by atoms with van der Waals surface area (Å²) < 4.78 is 4.04. The van der Waals surface area contributed by atoms with Crippen LogP contribution in [0.1, 0.15) is 62.3 Å². The van der Waals surface area contributed by atoms with Crippen LogP contribution in [0.25, 0.3) is 0 Å². The Morgan fingerprint density at radius 1 is 1.25 bits per heavy atom. The van der Waals surface area contributed by atoms with Crippen LogP contribution in [-0.4, -0.2) is 48.4 Å². The summed E-state index contributed by atoms with van der Waals surface area (Å²) in [7, 11) is 0. The first-order valence-electron chi connectivity index (χ1n) is 10.8. The highest BCUT2D eigenvalue weighted by molar-refractivity contribution is 5.76. The molecule has 28 heavy (non-hydrogen) atoms. The van der Waals surface area contributed by atoms with Crippen molar-refractivity contribution in [3.63, 3.8) is 0 Å². The Kier molecular flexibility index (Phi) is 4.48. The van der Waals surface area contributed by atoms with Crippen LogP contribution in [0.2, 0.25) is 0 Å². The highest BCUT2D eigenvalue weighted by Gasteiger charge is 2.50. The van der Waals surface area contributed by atoms with E-state index in [4.69, 9.17) is 0 Å². The van der Waals surface area contributed by atoms with E-state index >= 15 is 0 Å². The van der Waals surface area contributed by atoms with Crippen LogP contribution >= 0.6 is 0 Å². The van der Waals surface area contributed by atoms with Crippen LogP contribution < -0.4 is 0 Å². The fourth-order valence-corrected chi connectivity index (χ4v) is 5.32. The fourth-order valence-electron chi connectivity index (χ4n) is 5.32. The Morgan fingerprint density at radius 2 is 2.07 bits per heavy atom. The summed E-state index contributed by atoms with van der Waals surface area (Å²) in [6.07, 6.45) is 14.5. The Bertz CT molecular complexity index is 845. The molecule has 2 aliphatic carbocycles. The van der Waals surface area contributed by atoms with Gasteiger partial charge < -0.3 is 9.47 Å². The topological polar surface area (TPSA) is 68.8 Å². The minimum atomic E-state index is 0.169. The SMILES string of the molecule is Cc1cnn(CC(=O)N2CC(c3nncn3CC3CC3)C3(CCCCC3)C2)c1. The van der Waals surface area contributed by atoms with Crippen LogP contribution in [0, 0.1) is 18.3 Å². The molecule has 7 nitrogen and oxygen atoms in total. The lowest BCUT2D eigenvalue weighted by molar-refractivity contribution is -0.131. The molecule has 3 aliphatic rings. The second kappa shape index (κ2) is 7.01. The Morgan fingerprint density at radius 3 is 2.79 bits per heavy atom. The van der Waals surface area contributed by atoms with E-state index in [0.29, 0.717) is 12.5 Å². The smallest absolute Gasteiger partial charge is 0.244 e. The molecule has 2 saturated carbocycles. The van der Waals surface area contributed by atoms with Crippen LogP contribution in [0.4, 0.5) is 0 Å². The highest BCUT2D eigenvalue weighted by Crippen LogP contribution is 2.51. The summed E-state index contributed by atoms with van der Waals surface area (Å²) in [4.78, 5) is 15.1. The van der Waals surface area contributed by atoms with Gasteiger partial charge >= 0.3 is 0 Å². The number of carbonyl (C=O) groups excluding carboxylic acids is 1. The average Bonchev–Trinajstić information content (AvgIpc) is 3.05. The molecule has 3 fully saturated rings. The third-order valence-electron chi connectivity index (χ3n) is 7.02. The zero-order valence-electron chi connectivity index (χ0n) is 16.8. The van der Waals surface area contributed by atoms with E-state index in [-0.39, 0.29) is 11.3 Å². The molecule has 1 amide bonds. The quantitative estimate of drug-likeness (QED) is 0.797. The number of amides is 1. The maximum absolute atomic E-state index is 13.1. The van der Waals surface area contributed by atoms with E-state index in [1.54, 1.807) is 4.68 Å². The Hall–Kier alpha value is -2.18. The second-order valence-corrected chi connectivity index (χ2v) is 9.25. The summed E-state index contributed by atoms with van der Waals surface area (Å²) in [6.45, 7) is 4.99. The van der Waals surface area contributed by atoms with Crippen molar-refractivity contribution in [2.75, 3.05) is 13.1 Å². The van der Waals surface area contributed by atoms with Gasteiger partial charge in [-0.05, 0) is 49.5 Å². The van der Waals surface area contributed by atoms with E-state index < -0.39 is 0 Å². The van der Waals surface area contributed by atoms with Gasteiger partial charge in [-0.1, -0.05) is 19.3 Å². The van der Waals surface area contributed by atoms with Crippen molar-refractivity contribution in [3.8, 4) is 0 Å². The number of likely N-dealkylation sites (tertiary alicyclic amines) is 1. The van der Waals surface area contributed by atoms with Crippen LogP contribution in [0.5, 0.6) is 0 Å². The molecule has 1 unspecified atom stereocenters. The number of aromatic nitrogens is 5. The first-order chi connectivity index (χ1) is 13.6. The number of carbonyl (C=O) groups is 1. The maximum atomic E-state index is 13.1. The maximum Gasteiger partial charge on any atom is 0.244 e. The lowest BCUT2D eigenvalue weighted by Gasteiger charge is -2.37. The molecule has 0 radical (unpaired) electrons. The third kappa shape index (κ3) is 3.35. The summed E-state index contributed by atoms with van der Waals surface area (Å²) >= 11 is 0. The monoisotopic (exact) mass is 382 g/mol. The van der Waals surface area contributed by atoms with Crippen LogP contribution in [-0.2, 0) is 17.9 Å². The van der Waals surface area contributed by atoms with Gasteiger partial charge in [-0.25, -0.2) is 0 Å². The standard InChI is InChI=1S/C21H30N6O/c1-16-9-23-27(10-16)13-19(28)25-12-18(21(14-25)7-3-2-4-8-21)20-24-22-15-26(20)11-17-5-6-17/h9-10,15,17-18H,2-8,11-14H2,1H3. The molecule has 1 saturated heterocycles.